The van der Waals surface area contributed by atoms with Crippen molar-refractivity contribution in [1.82, 2.24) is 14.2 Å². The molecule has 0 bridgehead atoms. The molecule has 2 aromatic rings. The Labute approximate surface area is 187 Å². The van der Waals surface area contributed by atoms with Crippen LogP contribution in [0, 0.1) is 0 Å². The first kappa shape index (κ1) is 25.8. The van der Waals surface area contributed by atoms with Crippen molar-refractivity contribution in [1.29, 1.82) is 0 Å². The normalized spacial score (nSPS) is 15.5. The molecule has 11 heteroatoms. The number of hydrogen-bond donors (Lipinski definition) is 4. The smallest absolute Gasteiger partial charge is 0.333 e. The number of aliphatic hydroxyl groups is 1. The van der Waals surface area contributed by atoms with Gasteiger partial charge >= 0.3 is 11.9 Å². The molecule has 2 heterocycles. The standard InChI is InChI=1S/C17H25N3O2S.C4H6O5/c1-19(2)10-7-15-12-18-17-6-5-14(11-16(15)17)13-23(21,22)20-8-3-4-9-20;5-2(4(8)9)1-3(6)7/h5-6,11-12,18H,3-4,7-10,13H2,1-2H3;2,5H,1H2,(H,6,7)(H,8,9)/t;2-/m.0/s1. The summed E-state index contributed by atoms with van der Waals surface area (Å²) in [7, 11) is 0.928. The Kier molecular flexibility index (Phi) is 9.20. The van der Waals surface area contributed by atoms with Crippen molar-refractivity contribution in [3.05, 3.63) is 35.5 Å². The Balaban J connectivity index is 0.000000344. The zero-order valence-corrected chi connectivity index (χ0v) is 19.1. The van der Waals surface area contributed by atoms with Gasteiger partial charge in [0, 0.05) is 36.7 Å². The quantitative estimate of drug-likeness (QED) is 0.426. The predicted molar refractivity (Wildman–Crippen MR) is 120 cm³/mol. The van der Waals surface area contributed by atoms with Crippen molar-refractivity contribution in [2.45, 2.75) is 37.5 Å². The van der Waals surface area contributed by atoms with Crippen LogP contribution in [-0.2, 0) is 31.8 Å². The van der Waals surface area contributed by atoms with Gasteiger partial charge in [-0.3, -0.25) is 4.79 Å². The van der Waals surface area contributed by atoms with Gasteiger partial charge in [-0.2, -0.15) is 0 Å². The molecule has 0 radical (unpaired) electrons. The molecule has 1 aromatic carbocycles. The Bertz CT molecular complexity index is 1030. The van der Waals surface area contributed by atoms with Crippen molar-refractivity contribution < 1.29 is 33.3 Å². The van der Waals surface area contributed by atoms with Gasteiger partial charge in [0.05, 0.1) is 12.2 Å². The molecular formula is C21H31N3O7S. The van der Waals surface area contributed by atoms with Gasteiger partial charge < -0.3 is 25.2 Å². The number of carboxylic acid groups (broad SMARTS) is 2. The molecule has 1 aliphatic heterocycles. The van der Waals surface area contributed by atoms with Crippen molar-refractivity contribution >= 4 is 32.9 Å². The van der Waals surface area contributed by atoms with Gasteiger partial charge in [-0.1, -0.05) is 6.07 Å². The number of aliphatic hydroxyl groups excluding tert-OH is 1. The predicted octanol–water partition coefficient (Wildman–Crippen LogP) is 1.10. The minimum Gasteiger partial charge on any atom is -0.481 e. The fourth-order valence-corrected chi connectivity index (χ4v) is 4.99. The molecule has 1 aliphatic rings. The van der Waals surface area contributed by atoms with Gasteiger partial charge in [-0.15, -0.1) is 0 Å². The SMILES string of the molecule is CN(C)CCc1c[nH]c2ccc(CS(=O)(=O)N3CCCC3)cc12.O=C(O)C[C@H](O)C(=O)O. The molecule has 0 amide bonds. The lowest BCUT2D eigenvalue weighted by molar-refractivity contribution is -0.152. The van der Waals surface area contributed by atoms with Crippen LogP contribution in [0.3, 0.4) is 0 Å². The lowest BCUT2D eigenvalue weighted by atomic mass is 10.1. The number of likely N-dealkylation sites (N-methyl/N-ethyl adjacent to an activating group) is 1. The molecule has 1 aromatic heterocycles. The Morgan fingerprint density at radius 3 is 2.38 bits per heavy atom. The number of aromatic amines is 1. The van der Waals surface area contributed by atoms with Crippen LogP contribution in [0.2, 0.25) is 0 Å². The molecule has 1 saturated heterocycles. The monoisotopic (exact) mass is 469 g/mol. The van der Waals surface area contributed by atoms with E-state index < -0.39 is 34.5 Å². The Morgan fingerprint density at radius 1 is 1.19 bits per heavy atom. The molecule has 4 N–H and O–H groups in total. The second-order valence-electron chi connectivity index (χ2n) is 8.06. The average Bonchev–Trinajstić information content (AvgIpc) is 3.36. The van der Waals surface area contributed by atoms with Crippen molar-refractivity contribution in [2.24, 2.45) is 0 Å². The number of benzene rings is 1. The van der Waals surface area contributed by atoms with Crippen LogP contribution >= 0.6 is 0 Å². The number of sulfonamides is 1. The first-order valence-electron chi connectivity index (χ1n) is 10.3. The highest BCUT2D eigenvalue weighted by atomic mass is 32.2. The van der Waals surface area contributed by atoms with Crippen LogP contribution in [0.25, 0.3) is 10.9 Å². The minimum atomic E-state index is -3.19. The number of carbonyl (C=O) groups is 2. The molecule has 0 spiro atoms. The number of aliphatic carboxylic acids is 2. The van der Waals surface area contributed by atoms with Crippen LogP contribution in [0.15, 0.2) is 24.4 Å². The summed E-state index contributed by atoms with van der Waals surface area (Å²) in [5.74, 6) is -2.75. The van der Waals surface area contributed by atoms with Crippen molar-refractivity contribution in [2.75, 3.05) is 33.7 Å². The van der Waals surface area contributed by atoms with E-state index in [0.29, 0.717) is 13.1 Å². The molecule has 32 heavy (non-hydrogen) atoms. The van der Waals surface area contributed by atoms with Gasteiger partial charge in [-0.05, 0) is 56.6 Å². The maximum Gasteiger partial charge on any atom is 0.333 e. The second-order valence-corrected chi connectivity index (χ2v) is 10.0. The number of nitrogens with zero attached hydrogens (tertiary/aromatic N) is 2. The van der Waals surface area contributed by atoms with E-state index in [2.05, 4.69) is 24.0 Å². The van der Waals surface area contributed by atoms with Crippen LogP contribution in [0.1, 0.15) is 30.4 Å². The summed E-state index contributed by atoms with van der Waals surface area (Å²) >= 11 is 0. The van der Waals surface area contributed by atoms with E-state index in [1.807, 2.05) is 24.4 Å². The lowest BCUT2D eigenvalue weighted by Gasteiger charge is -2.15. The van der Waals surface area contributed by atoms with Gasteiger partial charge in [0.1, 0.15) is 0 Å². The summed E-state index contributed by atoms with van der Waals surface area (Å²) in [4.78, 5) is 24.8. The molecule has 0 aliphatic carbocycles. The van der Waals surface area contributed by atoms with E-state index in [-0.39, 0.29) is 5.75 Å². The second kappa shape index (κ2) is 11.4. The van der Waals surface area contributed by atoms with E-state index in [1.165, 1.54) is 5.56 Å². The molecule has 10 nitrogen and oxygen atoms in total. The lowest BCUT2D eigenvalue weighted by Crippen LogP contribution is -2.29. The summed E-state index contributed by atoms with van der Waals surface area (Å²) in [6.45, 7) is 2.31. The summed E-state index contributed by atoms with van der Waals surface area (Å²) in [6.07, 6.45) is 2.40. The summed E-state index contributed by atoms with van der Waals surface area (Å²) in [5, 5.41) is 25.3. The Morgan fingerprint density at radius 2 is 1.84 bits per heavy atom. The van der Waals surface area contributed by atoms with Gasteiger partial charge in [0.25, 0.3) is 0 Å². The third-order valence-electron chi connectivity index (χ3n) is 5.12. The summed E-state index contributed by atoms with van der Waals surface area (Å²) in [6, 6.07) is 5.94. The minimum absolute atomic E-state index is 0.0985. The van der Waals surface area contributed by atoms with Crippen LogP contribution in [-0.4, -0.2) is 89.7 Å². The number of aromatic nitrogens is 1. The first-order valence-corrected chi connectivity index (χ1v) is 11.9. The number of H-pyrrole nitrogens is 1. The van der Waals surface area contributed by atoms with E-state index in [9.17, 15) is 18.0 Å². The molecule has 178 valence electrons. The van der Waals surface area contributed by atoms with E-state index in [1.54, 1.807) is 4.31 Å². The average molecular weight is 470 g/mol. The highest BCUT2D eigenvalue weighted by Gasteiger charge is 2.25. The topological polar surface area (TPSA) is 151 Å². The molecular weight excluding hydrogens is 438 g/mol. The van der Waals surface area contributed by atoms with Gasteiger partial charge in [-0.25, -0.2) is 17.5 Å². The number of fused-ring (bicyclic) bond motifs is 1. The molecule has 3 rings (SSSR count). The number of carboxylic acids is 2. The Hall–Kier alpha value is -2.47. The number of hydrogen-bond acceptors (Lipinski definition) is 6. The number of rotatable bonds is 9. The summed E-state index contributed by atoms with van der Waals surface area (Å²) in [5.41, 5.74) is 3.19. The third-order valence-corrected chi connectivity index (χ3v) is 6.97. The maximum atomic E-state index is 12.5. The fourth-order valence-electron chi connectivity index (χ4n) is 3.39. The van der Waals surface area contributed by atoms with Gasteiger partial charge in [0.15, 0.2) is 6.10 Å². The molecule has 0 saturated carbocycles. The number of nitrogens with one attached hydrogen (secondary N) is 1. The molecule has 0 unspecified atom stereocenters. The summed E-state index contributed by atoms with van der Waals surface area (Å²) < 4.78 is 26.6. The zero-order valence-electron chi connectivity index (χ0n) is 18.3. The first-order chi connectivity index (χ1) is 15.0. The van der Waals surface area contributed by atoms with Crippen molar-refractivity contribution in [3.8, 4) is 0 Å². The molecule has 1 fully saturated rings. The van der Waals surface area contributed by atoms with Crippen LogP contribution in [0.4, 0.5) is 0 Å². The fraction of sp³-hybridized carbons (Fsp3) is 0.524. The van der Waals surface area contributed by atoms with E-state index in [0.717, 1.165) is 42.3 Å². The zero-order chi connectivity index (χ0) is 23.9. The van der Waals surface area contributed by atoms with Crippen LogP contribution in [0.5, 0.6) is 0 Å². The molecule has 1 atom stereocenters. The largest absolute Gasteiger partial charge is 0.481 e. The van der Waals surface area contributed by atoms with E-state index >= 15 is 0 Å². The van der Waals surface area contributed by atoms with Crippen molar-refractivity contribution in [3.63, 3.8) is 0 Å². The highest BCUT2D eigenvalue weighted by Crippen LogP contribution is 2.23. The highest BCUT2D eigenvalue weighted by molar-refractivity contribution is 7.88. The van der Waals surface area contributed by atoms with Crippen LogP contribution < -0.4 is 0 Å². The third kappa shape index (κ3) is 7.59. The maximum absolute atomic E-state index is 12.5. The van der Waals surface area contributed by atoms with E-state index in [4.69, 9.17) is 15.3 Å². The van der Waals surface area contributed by atoms with Gasteiger partial charge in [0.2, 0.25) is 10.0 Å².